The SMILES string of the molecule is CCc1ccc(-c2csc3ncnc(SCCCC(N)=O)c23)cc1. The van der Waals surface area contributed by atoms with Crippen LogP contribution < -0.4 is 5.73 Å². The van der Waals surface area contributed by atoms with Crippen LogP contribution in [0.3, 0.4) is 0 Å². The van der Waals surface area contributed by atoms with Gasteiger partial charge in [0.05, 0.1) is 5.39 Å². The first-order valence-electron chi connectivity index (χ1n) is 7.91. The van der Waals surface area contributed by atoms with Crippen molar-refractivity contribution in [3.63, 3.8) is 0 Å². The number of nitrogens with zero attached hydrogens (tertiary/aromatic N) is 2. The van der Waals surface area contributed by atoms with E-state index in [4.69, 9.17) is 5.73 Å². The van der Waals surface area contributed by atoms with Crippen LogP contribution in [0.1, 0.15) is 25.3 Å². The third-order valence-electron chi connectivity index (χ3n) is 3.81. The smallest absolute Gasteiger partial charge is 0.217 e. The molecule has 0 aliphatic rings. The highest BCUT2D eigenvalue weighted by molar-refractivity contribution is 7.99. The summed E-state index contributed by atoms with van der Waals surface area (Å²) in [6, 6.07) is 8.66. The molecule has 1 aromatic carbocycles. The summed E-state index contributed by atoms with van der Waals surface area (Å²) in [6.07, 6.45) is 3.82. The second-order valence-electron chi connectivity index (χ2n) is 5.48. The summed E-state index contributed by atoms with van der Waals surface area (Å²) in [4.78, 5) is 20.7. The van der Waals surface area contributed by atoms with Crippen molar-refractivity contribution in [3.05, 3.63) is 41.5 Å². The number of carbonyl (C=O) groups excluding carboxylic acids is 1. The third kappa shape index (κ3) is 3.76. The maximum absolute atomic E-state index is 10.9. The molecule has 0 saturated carbocycles. The van der Waals surface area contributed by atoms with Crippen molar-refractivity contribution in [2.75, 3.05) is 5.75 Å². The molecule has 2 aromatic heterocycles. The number of thioether (sulfide) groups is 1. The second-order valence-corrected chi connectivity index (χ2v) is 7.42. The molecule has 3 aromatic rings. The van der Waals surface area contributed by atoms with Gasteiger partial charge in [-0.3, -0.25) is 4.79 Å². The molecule has 0 unspecified atom stereocenters. The summed E-state index contributed by atoms with van der Waals surface area (Å²) in [5.41, 5.74) is 8.89. The number of benzene rings is 1. The van der Waals surface area contributed by atoms with Crippen molar-refractivity contribution in [1.29, 1.82) is 0 Å². The van der Waals surface area contributed by atoms with Crippen LogP contribution in [0.5, 0.6) is 0 Å². The number of nitrogens with two attached hydrogens (primary N) is 1. The molecule has 0 saturated heterocycles. The molecule has 4 nitrogen and oxygen atoms in total. The second kappa shape index (κ2) is 7.77. The lowest BCUT2D eigenvalue weighted by Crippen LogP contribution is -2.09. The molecule has 2 N–H and O–H groups in total. The van der Waals surface area contributed by atoms with Crippen LogP contribution in [0, 0.1) is 0 Å². The number of hydrogen-bond donors (Lipinski definition) is 1. The summed E-state index contributed by atoms with van der Waals surface area (Å²) < 4.78 is 0. The molecule has 6 heteroatoms. The molecule has 24 heavy (non-hydrogen) atoms. The standard InChI is InChI=1S/C18H19N3OS2/c1-2-12-5-7-13(8-6-12)14-10-24-18-16(14)17(20-11-21-18)23-9-3-4-15(19)22/h5-8,10-11H,2-4,9H2,1H3,(H2,19,22). The lowest BCUT2D eigenvalue weighted by molar-refractivity contribution is -0.118. The first kappa shape index (κ1) is 16.9. The highest BCUT2D eigenvalue weighted by Crippen LogP contribution is 2.38. The molecule has 0 aliphatic carbocycles. The predicted octanol–water partition coefficient (Wildman–Crippen LogP) is 4.28. The Hall–Kier alpha value is -1.92. The Morgan fingerprint density at radius 1 is 1.25 bits per heavy atom. The van der Waals surface area contributed by atoms with Gasteiger partial charge in [-0.2, -0.15) is 0 Å². The van der Waals surface area contributed by atoms with Gasteiger partial charge in [-0.15, -0.1) is 23.1 Å². The number of rotatable bonds is 7. The number of primary amides is 1. The number of hydrogen-bond acceptors (Lipinski definition) is 5. The van der Waals surface area contributed by atoms with E-state index in [0.29, 0.717) is 6.42 Å². The van der Waals surface area contributed by atoms with E-state index in [2.05, 4.69) is 46.5 Å². The highest BCUT2D eigenvalue weighted by atomic mass is 32.2. The molecule has 0 aliphatic heterocycles. The molecule has 3 rings (SSSR count). The largest absolute Gasteiger partial charge is 0.370 e. The Balaban J connectivity index is 1.89. The Labute approximate surface area is 149 Å². The van der Waals surface area contributed by atoms with Crippen molar-refractivity contribution >= 4 is 39.2 Å². The summed E-state index contributed by atoms with van der Waals surface area (Å²) in [7, 11) is 0. The molecular formula is C18H19N3OS2. The van der Waals surface area contributed by atoms with Crippen LogP contribution in [0.15, 0.2) is 41.0 Å². The van der Waals surface area contributed by atoms with Crippen molar-refractivity contribution in [2.45, 2.75) is 31.2 Å². The fourth-order valence-corrected chi connectivity index (χ4v) is 4.44. The lowest BCUT2D eigenvalue weighted by atomic mass is 10.0. The maximum Gasteiger partial charge on any atom is 0.217 e. The topological polar surface area (TPSA) is 68.9 Å². The van der Waals surface area contributed by atoms with Crippen molar-refractivity contribution in [3.8, 4) is 11.1 Å². The third-order valence-corrected chi connectivity index (χ3v) is 5.78. The fourth-order valence-electron chi connectivity index (χ4n) is 2.50. The zero-order chi connectivity index (χ0) is 16.9. The van der Waals surface area contributed by atoms with E-state index in [-0.39, 0.29) is 5.91 Å². The number of fused-ring (bicyclic) bond motifs is 1. The molecule has 0 bridgehead atoms. The van der Waals surface area contributed by atoms with E-state index < -0.39 is 0 Å². The van der Waals surface area contributed by atoms with Crippen molar-refractivity contribution in [2.24, 2.45) is 5.73 Å². The minimum Gasteiger partial charge on any atom is -0.370 e. The van der Waals surface area contributed by atoms with Gasteiger partial charge in [0.2, 0.25) is 5.91 Å². The van der Waals surface area contributed by atoms with Gasteiger partial charge in [-0.1, -0.05) is 31.2 Å². The van der Waals surface area contributed by atoms with E-state index in [1.165, 1.54) is 16.7 Å². The predicted molar refractivity (Wildman–Crippen MR) is 101 cm³/mol. The van der Waals surface area contributed by atoms with Gasteiger partial charge in [0.1, 0.15) is 16.2 Å². The van der Waals surface area contributed by atoms with E-state index in [1.807, 2.05) is 0 Å². The van der Waals surface area contributed by atoms with E-state index in [0.717, 1.165) is 33.8 Å². The molecule has 2 heterocycles. The summed E-state index contributed by atoms with van der Waals surface area (Å²) in [5.74, 6) is 0.565. The zero-order valence-corrected chi connectivity index (χ0v) is 15.1. The molecule has 1 amide bonds. The van der Waals surface area contributed by atoms with Gasteiger partial charge in [0, 0.05) is 23.1 Å². The van der Waals surface area contributed by atoms with E-state index >= 15 is 0 Å². The Bertz CT molecular complexity index is 843. The van der Waals surface area contributed by atoms with E-state index in [9.17, 15) is 4.79 Å². The van der Waals surface area contributed by atoms with Gasteiger partial charge >= 0.3 is 0 Å². The van der Waals surface area contributed by atoms with Gasteiger partial charge in [0.15, 0.2) is 0 Å². The molecular weight excluding hydrogens is 338 g/mol. The van der Waals surface area contributed by atoms with Crippen molar-refractivity contribution in [1.82, 2.24) is 9.97 Å². The van der Waals surface area contributed by atoms with Crippen LogP contribution in [0.2, 0.25) is 0 Å². The van der Waals surface area contributed by atoms with Gasteiger partial charge < -0.3 is 5.73 Å². The minimum absolute atomic E-state index is 0.254. The van der Waals surface area contributed by atoms with Gasteiger partial charge in [0.25, 0.3) is 0 Å². The number of thiophene rings is 1. The van der Waals surface area contributed by atoms with Gasteiger partial charge in [-0.05, 0) is 24.0 Å². The van der Waals surface area contributed by atoms with Crippen LogP contribution >= 0.6 is 23.1 Å². The quantitative estimate of drug-likeness (QED) is 0.389. The summed E-state index contributed by atoms with van der Waals surface area (Å²) in [5, 5.41) is 4.23. The number of carbonyl (C=O) groups is 1. The summed E-state index contributed by atoms with van der Waals surface area (Å²) in [6.45, 7) is 2.16. The first-order chi connectivity index (χ1) is 11.7. The number of aryl methyl sites for hydroxylation is 1. The molecule has 0 atom stereocenters. The maximum atomic E-state index is 10.9. The van der Waals surface area contributed by atoms with Crippen LogP contribution in [-0.2, 0) is 11.2 Å². The van der Waals surface area contributed by atoms with Gasteiger partial charge in [-0.25, -0.2) is 9.97 Å². The van der Waals surface area contributed by atoms with Crippen LogP contribution in [0.4, 0.5) is 0 Å². The normalized spacial score (nSPS) is 11.0. The fraction of sp³-hybridized carbons (Fsp3) is 0.278. The summed E-state index contributed by atoms with van der Waals surface area (Å²) >= 11 is 3.30. The average Bonchev–Trinajstić information content (AvgIpc) is 3.03. The highest BCUT2D eigenvalue weighted by Gasteiger charge is 2.13. The monoisotopic (exact) mass is 357 g/mol. The Morgan fingerprint density at radius 2 is 2.04 bits per heavy atom. The lowest BCUT2D eigenvalue weighted by Gasteiger charge is -2.06. The van der Waals surface area contributed by atoms with E-state index in [1.54, 1.807) is 29.4 Å². The number of aromatic nitrogens is 2. The first-order valence-corrected chi connectivity index (χ1v) is 9.78. The number of amides is 1. The average molecular weight is 358 g/mol. The zero-order valence-electron chi connectivity index (χ0n) is 13.5. The Kier molecular flexibility index (Phi) is 5.48. The minimum atomic E-state index is -0.254. The van der Waals surface area contributed by atoms with Crippen molar-refractivity contribution < 1.29 is 4.79 Å². The van der Waals surface area contributed by atoms with Crippen LogP contribution in [-0.4, -0.2) is 21.6 Å². The van der Waals surface area contributed by atoms with Crippen LogP contribution in [0.25, 0.3) is 21.3 Å². The molecule has 0 radical (unpaired) electrons. The molecule has 124 valence electrons. The molecule has 0 spiro atoms. The Morgan fingerprint density at radius 3 is 2.75 bits per heavy atom. The molecule has 0 fully saturated rings.